The number of hydrogen-bond acceptors (Lipinski definition) is 4. The zero-order valence-electron chi connectivity index (χ0n) is 12.8. The van der Waals surface area contributed by atoms with Crippen molar-refractivity contribution in [1.29, 1.82) is 0 Å². The van der Waals surface area contributed by atoms with Crippen LogP contribution in [0.25, 0.3) is 0 Å². The molecule has 0 N–H and O–H groups in total. The topological polar surface area (TPSA) is 49.9 Å². The quantitative estimate of drug-likeness (QED) is 0.796. The van der Waals surface area contributed by atoms with Gasteiger partial charge in [-0.1, -0.05) is 13.8 Å². The second-order valence-electron chi connectivity index (χ2n) is 5.51. The number of carbonyl (C=O) groups excluding carboxylic acids is 2. The van der Waals surface area contributed by atoms with Crippen molar-refractivity contribution in [1.82, 2.24) is 4.90 Å². The van der Waals surface area contributed by atoms with Crippen LogP contribution in [0.5, 0.6) is 0 Å². The summed E-state index contributed by atoms with van der Waals surface area (Å²) in [5, 5.41) is 0. The van der Waals surface area contributed by atoms with Gasteiger partial charge in [0.15, 0.2) is 0 Å². The number of benzene rings is 1. The summed E-state index contributed by atoms with van der Waals surface area (Å²) in [4.78, 5) is 27.5. The van der Waals surface area contributed by atoms with Crippen molar-refractivity contribution in [3.8, 4) is 0 Å². The van der Waals surface area contributed by atoms with E-state index in [0.29, 0.717) is 5.56 Å². The second-order valence-corrected chi connectivity index (χ2v) is 5.51. The zero-order valence-corrected chi connectivity index (χ0v) is 12.8. The fraction of sp³-hybridized carbons (Fsp3) is 0.500. The smallest absolute Gasteiger partial charge is 0.337 e. The van der Waals surface area contributed by atoms with E-state index < -0.39 is 0 Å². The molecule has 1 heterocycles. The Balaban J connectivity index is 1.96. The maximum Gasteiger partial charge on any atom is 0.337 e. The van der Waals surface area contributed by atoms with Gasteiger partial charge in [0.25, 0.3) is 0 Å². The van der Waals surface area contributed by atoms with Gasteiger partial charge in [-0.3, -0.25) is 4.79 Å². The van der Waals surface area contributed by atoms with Crippen LogP contribution >= 0.6 is 0 Å². The van der Waals surface area contributed by atoms with E-state index in [9.17, 15) is 9.59 Å². The van der Waals surface area contributed by atoms with Crippen LogP contribution in [0, 0.1) is 5.92 Å². The van der Waals surface area contributed by atoms with Crippen molar-refractivity contribution in [2.24, 2.45) is 5.92 Å². The number of methoxy groups -OCH3 is 1. The molecule has 1 aromatic carbocycles. The van der Waals surface area contributed by atoms with Gasteiger partial charge in [-0.05, 0) is 24.3 Å². The molecule has 1 aliphatic heterocycles. The molecule has 0 bridgehead atoms. The molecule has 2 rings (SSSR count). The molecule has 114 valence electrons. The summed E-state index contributed by atoms with van der Waals surface area (Å²) in [6.45, 7) is 6.98. The minimum Gasteiger partial charge on any atom is -0.465 e. The summed E-state index contributed by atoms with van der Waals surface area (Å²) in [5.41, 5.74) is 1.62. The molecule has 5 nitrogen and oxygen atoms in total. The summed E-state index contributed by atoms with van der Waals surface area (Å²) < 4.78 is 4.69. The van der Waals surface area contributed by atoms with Crippen LogP contribution in [0.15, 0.2) is 24.3 Å². The van der Waals surface area contributed by atoms with Crippen LogP contribution in [-0.4, -0.2) is 50.1 Å². The summed E-state index contributed by atoms with van der Waals surface area (Å²) in [7, 11) is 1.38. The maximum atomic E-state index is 11.9. The van der Waals surface area contributed by atoms with Crippen molar-refractivity contribution in [2.45, 2.75) is 13.8 Å². The third kappa shape index (κ3) is 3.54. The molecule has 0 aromatic heterocycles. The van der Waals surface area contributed by atoms with Gasteiger partial charge in [-0.25, -0.2) is 4.79 Å². The van der Waals surface area contributed by atoms with Gasteiger partial charge in [0.2, 0.25) is 5.91 Å². The lowest BCUT2D eigenvalue weighted by Gasteiger charge is -2.36. The van der Waals surface area contributed by atoms with Crippen molar-refractivity contribution >= 4 is 17.6 Å². The predicted molar refractivity (Wildman–Crippen MR) is 81.4 cm³/mol. The highest BCUT2D eigenvalue weighted by Gasteiger charge is 2.22. The molecule has 5 heteroatoms. The van der Waals surface area contributed by atoms with E-state index in [2.05, 4.69) is 9.64 Å². The van der Waals surface area contributed by atoms with Gasteiger partial charge in [-0.2, -0.15) is 0 Å². The summed E-state index contributed by atoms with van der Waals surface area (Å²) in [6, 6.07) is 7.39. The van der Waals surface area contributed by atoms with E-state index in [1.807, 2.05) is 30.9 Å². The average molecular weight is 290 g/mol. The fourth-order valence-electron chi connectivity index (χ4n) is 2.48. The van der Waals surface area contributed by atoms with Crippen molar-refractivity contribution < 1.29 is 14.3 Å². The van der Waals surface area contributed by atoms with Crippen LogP contribution in [0.4, 0.5) is 5.69 Å². The van der Waals surface area contributed by atoms with Gasteiger partial charge >= 0.3 is 5.97 Å². The fourth-order valence-corrected chi connectivity index (χ4v) is 2.48. The first-order chi connectivity index (χ1) is 10.0. The van der Waals surface area contributed by atoms with Crippen LogP contribution in [0.2, 0.25) is 0 Å². The predicted octanol–water partition coefficient (Wildman–Crippen LogP) is 1.78. The van der Waals surface area contributed by atoms with Crippen LogP contribution in [0.1, 0.15) is 24.2 Å². The molecular weight excluding hydrogens is 268 g/mol. The lowest BCUT2D eigenvalue weighted by Crippen LogP contribution is -2.49. The Hall–Kier alpha value is -2.04. The number of nitrogens with zero attached hydrogens (tertiary/aromatic N) is 2. The Bertz CT molecular complexity index is 503. The molecular formula is C16H22N2O3. The lowest BCUT2D eigenvalue weighted by molar-refractivity contribution is -0.134. The van der Waals surface area contributed by atoms with E-state index in [0.717, 1.165) is 31.9 Å². The van der Waals surface area contributed by atoms with E-state index in [1.54, 1.807) is 12.1 Å². The Morgan fingerprint density at radius 3 is 2.10 bits per heavy atom. The number of carbonyl (C=O) groups is 2. The molecule has 1 amide bonds. The van der Waals surface area contributed by atoms with E-state index in [4.69, 9.17) is 0 Å². The first-order valence-electron chi connectivity index (χ1n) is 7.25. The molecule has 0 aliphatic carbocycles. The Morgan fingerprint density at radius 2 is 1.62 bits per heavy atom. The third-order valence-corrected chi connectivity index (χ3v) is 3.74. The largest absolute Gasteiger partial charge is 0.465 e. The zero-order chi connectivity index (χ0) is 15.4. The van der Waals surface area contributed by atoms with Gasteiger partial charge in [0.05, 0.1) is 12.7 Å². The molecule has 21 heavy (non-hydrogen) atoms. The van der Waals surface area contributed by atoms with Crippen LogP contribution in [-0.2, 0) is 9.53 Å². The van der Waals surface area contributed by atoms with Crippen LogP contribution in [0.3, 0.4) is 0 Å². The maximum absolute atomic E-state index is 11.9. The molecule has 0 unspecified atom stereocenters. The highest BCUT2D eigenvalue weighted by atomic mass is 16.5. The Labute approximate surface area is 125 Å². The molecule has 0 atom stereocenters. The van der Waals surface area contributed by atoms with Crippen molar-refractivity contribution in [3.05, 3.63) is 29.8 Å². The number of ether oxygens (including phenoxy) is 1. The number of amides is 1. The van der Waals surface area contributed by atoms with E-state index in [-0.39, 0.29) is 17.8 Å². The van der Waals surface area contributed by atoms with E-state index in [1.165, 1.54) is 7.11 Å². The molecule has 1 aromatic rings. The monoisotopic (exact) mass is 290 g/mol. The molecule has 1 aliphatic rings. The lowest BCUT2D eigenvalue weighted by atomic mass is 10.1. The standard InChI is InChI=1S/C16H22N2O3/c1-12(2)15(19)18-10-8-17(9-11-18)14-6-4-13(5-7-14)16(20)21-3/h4-7,12H,8-11H2,1-3H3. The minimum absolute atomic E-state index is 0.0517. The minimum atomic E-state index is -0.325. The molecule has 0 radical (unpaired) electrons. The van der Waals surface area contributed by atoms with Gasteiger partial charge in [0, 0.05) is 37.8 Å². The molecule has 1 saturated heterocycles. The Morgan fingerprint density at radius 1 is 1.05 bits per heavy atom. The highest BCUT2D eigenvalue weighted by molar-refractivity contribution is 5.89. The molecule has 0 saturated carbocycles. The first kappa shape index (κ1) is 15.4. The third-order valence-electron chi connectivity index (χ3n) is 3.74. The van der Waals surface area contributed by atoms with E-state index >= 15 is 0 Å². The summed E-state index contributed by atoms with van der Waals surface area (Å²) >= 11 is 0. The second kappa shape index (κ2) is 6.61. The van der Waals surface area contributed by atoms with Crippen molar-refractivity contribution in [3.63, 3.8) is 0 Å². The molecule has 1 fully saturated rings. The first-order valence-corrected chi connectivity index (χ1v) is 7.25. The molecule has 0 spiro atoms. The number of anilines is 1. The summed E-state index contributed by atoms with van der Waals surface area (Å²) in [6.07, 6.45) is 0. The number of piperazine rings is 1. The van der Waals surface area contributed by atoms with Crippen LogP contribution < -0.4 is 4.90 Å². The normalized spacial score (nSPS) is 15.2. The summed E-state index contributed by atoms with van der Waals surface area (Å²) in [5.74, 6) is -0.0551. The number of esters is 1. The number of hydrogen-bond donors (Lipinski definition) is 0. The van der Waals surface area contributed by atoms with Gasteiger partial charge < -0.3 is 14.5 Å². The Kier molecular flexibility index (Phi) is 4.83. The highest BCUT2D eigenvalue weighted by Crippen LogP contribution is 2.18. The average Bonchev–Trinajstić information content (AvgIpc) is 2.53. The SMILES string of the molecule is COC(=O)c1ccc(N2CCN(C(=O)C(C)C)CC2)cc1. The van der Waals surface area contributed by atoms with Crippen molar-refractivity contribution in [2.75, 3.05) is 38.2 Å². The van der Waals surface area contributed by atoms with Gasteiger partial charge in [-0.15, -0.1) is 0 Å². The number of rotatable bonds is 3. The van der Waals surface area contributed by atoms with Gasteiger partial charge in [0.1, 0.15) is 0 Å².